The van der Waals surface area contributed by atoms with Crippen LogP contribution in [-0.4, -0.2) is 28.0 Å². The smallest absolute Gasteiger partial charge is 0.274 e. The minimum absolute atomic E-state index is 0.118. The number of nitrogens with one attached hydrogen (secondary N) is 2. The molecular formula is C19H24N4O2. The third kappa shape index (κ3) is 4.92. The van der Waals surface area contributed by atoms with E-state index in [1.807, 2.05) is 38.1 Å². The molecule has 1 aromatic heterocycles. The van der Waals surface area contributed by atoms with E-state index >= 15 is 0 Å². The second-order valence-corrected chi connectivity index (χ2v) is 6.56. The SMILES string of the molecule is CC(C)Oc1ccc(NC(=O)c2cc(NC3CCCC3)ncn2)cc1. The van der Waals surface area contributed by atoms with Crippen molar-refractivity contribution < 1.29 is 9.53 Å². The number of ether oxygens (including phenoxy) is 1. The van der Waals surface area contributed by atoms with Gasteiger partial charge in [-0.1, -0.05) is 12.8 Å². The Kier molecular flexibility index (Phi) is 5.48. The van der Waals surface area contributed by atoms with Gasteiger partial charge in [-0.25, -0.2) is 9.97 Å². The van der Waals surface area contributed by atoms with E-state index in [2.05, 4.69) is 20.6 Å². The monoisotopic (exact) mass is 340 g/mol. The molecule has 1 heterocycles. The zero-order valence-electron chi connectivity index (χ0n) is 14.7. The van der Waals surface area contributed by atoms with Crippen LogP contribution in [0.4, 0.5) is 11.5 Å². The fourth-order valence-corrected chi connectivity index (χ4v) is 2.92. The van der Waals surface area contributed by atoms with Crippen LogP contribution in [0, 0.1) is 0 Å². The molecule has 1 aromatic carbocycles. The molecule has 0 spiro atoms. The summed E-state index contributed by atoms with van der Waals surface area (Å²) in [5.74, 6) is 1.22. The van der Waals surface area contributed by atoms with E-state index in [9.17, 15) is 4.79 Å². The average molecular weight is 340 g/mol. The Hall–Kier alpha value is -2.63. The van der Waals surface area contributed by atoms with E-state index < -0.39 is 0 Å². The first-order valence-corrected chi connectivity index (χ1v) is 8.77. The lowest BCUT2D eigenvalue weighted by atomic mass is 10.2. The second kappa shape index (κ2) is 7.96. The molecule has 1 aliphatic carbocycles. The van der Waals surface area contributed by atoms with Gasteiger partial charge in [0, 0.05) is 17.8 Å². The molecule has 2 aromatic rings. The van der Waals surface area contributed by atoms with E-state index in [0.717, 1.165) is 18.6 Å². The van der Waals surface area contributed by atoms with Gasteiger partial charge < -0.3 is 15.4 Å². The summed E-state index contributed by atoms with van der Waals surface area (Å²) in [7, 11) is 0. The lowest BCUT2D eigenvalue weighted by Crippen LogP contribution is -2.18. The van der Waals surface area contributed by atoms with Gasteiger partial charge in [-0.3, -0.25) is 4.79 Å². The molecule has 6 nitrogen and oxygen atoms in total. The first-order chi connectivity index (χ1) is 12.1. The Labute approximate surface area is 148 Å². The topological polar surface area (TPSA) is 76.1 Å². The van der Waals surface area contributed by atoms with Gasteiger partial charge in [0.15, 0.2) is 0 Å². The van der Waals surface area contributed by atoms with Crippen molar-refractivity contribution in [3.8, 4) is 5.75 Å². The highest BCUT2D eigenvalue weighted by molar-refractivity contribution is 6.03. The van der Waals surface area contributed by atoms with E-state index in [1.54, 1.807) is 6.07 Å². The highest BCUT2D eigenvalue weighted by atomic mass is 16.5. The average Bonchev–Trinajstić information content (AvgIpc) is 3.09. The van der Waals surface area contributed by atoms with Crippen LogP contribution in [0.5, 0.6) is 5.75 Å². The van der Waals surface area contributed by atoms with Gasteiger partial charge in [0.05, 0.1) is 6.10 Å². The molecule has 1 aliphatic rings. The first kappa shape index (κ1) is 17.2. The Bertz CT molecular complexity index is 710. The number of amides is 1. The summed E-state index contributed by atoms with van der Waals surface area (Å²) >= 11 is 0. The summed E-state index contributed by atoms with van der Waals surface area (Å²) in [5, 5.41) is 6.23. The van der Waals surface area contributed by atoms with Crippen LogP contribution in [-0.2, 0) is 0 Å². The van der Waals surface area contributed by atoms with E-state index in [4.69, 9.17) is 4.74 Å². The molecule has 1 fully saturated rings. The molecule has 0 unspecified atom stereocenters. The Morgan fingerprint density at radius 2 is 1.88 bits per heavy atom. The Morgan fingerprint density at radius 3 is 2.56 bits per heavy atom. The van der Waals surface area contributed by atoms with Crippen LogP contribution in [0.3, 0.4) is 0 Å². The molecule has 2 N–H and O–H groups in total. The first-order valence-electron chi connectivity index (χ1n) is 8.77. The van der Waals surface area contributed by atoms with Gasteiger partial charge in [0.2, 0.25) is 0 Å². The highest BCUT2D eigenvalue weighted by Crippen LogP contribution is 2.22. The number of rotatable bonds is 6. The van der Waals surface area contributed by atoms with Gasteiger partial charge in [-0.2, -0.15) is 0 Å². The van der Waals surface area contributed by atoms with Crippen molar-refractivity contribution in [3.63, 3.8) is 0 Å². The molecule has 0 bridgehead atoms. The van der Waals surface area contributed by atoms with E-state index in [0.29, 0.717) is 23.2 Å². The number of benzene rings is 1. The van der Waals surface area contributed by atoms with Crippen LogP contribution < -0.4 is 15.4 Å². The lowest BCUT2D eigenvalue weighted by Gasteiger charge is -2.13. The summed E-state index contributed by atoms with van der Waals surface area (Å²) in [5.41, 5.74) is 1.04. The van der Waals surface area contributed by atoms with Crippen LogP contribution in [0.25, 0.3) is 0 Å². The van der Waals surface area contributed by atoms with E-state index in [1.165, 1.54) is 19.2 Å². The number of hydrogen-bond acceptors (Lipinski definition) is 5. The minimum Gasteiger partial charge on any atom is -0.491 e. The molecule has 3 rings (SSSR count). The van der Waals surface area contributed by atoms with Crippen molar-refractivity contribution in [1.29, 1.82) is 0 Å². The largest absolute Gasteiger partial charge is 0.491 e. The number of carbonyl (C=O) groups is 1. The van der Waals surface area contributed by atoms with Crippen LogP contribution in [0.1, 0.15) is 50.0 Å². The van der Waals surface area contributed by atoms with Gasteiger partial charge in [-0.05, 0) is 51.0 Å². The quantitative estimate of drug-likeness (QED) is 0.835. The lowest BCUT2D eigenvalue weighted by molar-refractivity contribution is 0.102. The van der Waals surface area contributed by atoms with Gasteiger partial charge in [0.1, 0.15) is 23.6 Å². The van der Waals surface area contributed by atoms with Crippen molar-refractivity contribution in [2.75, 3.05) is 10.6 Å². The second-order valence-electron chi connectivity index (χ2n) is 6.56. The summed E-state index contributed by atoms with van der Waals surface area (Å²) in [6.45, 7) is 3.95. The Morgan fingerprint density at radius 1 is 1.16 bits per heavy atom. The van der Waals surface area contributed by atoms with Gasteiger partial charge in [0.25, 0.3) is 5.91 Å². The highest BCUT2D eigenvalue weighted by Gasteiger charge is 2.16. The van der Waals surface area contributed by atoms with E-state index in [-0.39, 0.29) is 12.0 Å². The number of carbonyl (C=O) groups excluding carboxylic acids is 1. The maximum absolute atomic E-state index is 12.4. The number of aromatic nitrogens is 2. The molecule has 0 atom stereocenters. The molecule has 1 amide bonds. The zero-order chi connectivity index (χ0) is 17.6. The summed E-state index contributed by atoms with van der Waals surface area (Å²) in [4.78, 5) is 20.7. The van der Waals surface area contributed by atoms with Crippen LogP contribution >= 0.6 is 0 Å². The number of hydrogen-bond donors (Lipinski definition) is 2. The fraction of sp³-hybridized carbons (Fsp3) is 0.421. The molecule has 6 heteroatoms. The molecule has 0 saturated heterocycles. The molecule has 132 valence electrons. The minimum atomic E-state index is -0.255. The third-order valence-corrected chi connectivity index (χ3v) is 4.09. The van der Waals surface area contributed by atoms with Crippen molar-refractivity contribution in [1.82, 2.24) is 9.97 Å². The molecule has 0 aliphatic heterocycles. The molecule has 0 radical (unpaired) electrons. The Balaban J connectivity index is 1.62. The maximum atomic E-state index is 12.4. The molecular weight excluding hydrogens is 316 g/mol. The fourth-order valence-electron chi connectivity index (χ4n) is 2.92. The summed E-state index contributed by atoms with van der Waals surface area (Å²) in [6.07, 6.45) is 6.32. The normalized spacial score (nSPS) is 14.5. The predicted molar refractivity (Wildman–Crippen MR) is 98.1 cm³/mol. The van der Waals surface area contributed by atoms with Crippen molar-refractivity contribution in [2.45, 2.75) is 51.7 Å². The van der Waals surface area contributed by atoms with Crippen molar-refractivity contribution in [3.05, 3.63) is 42.4 Å². The molecule has 1 saturated carbocycles. The number of nitrogens with zero attached hydrogens (tertiary/aromatic N) is 2. The van der Waals surface area contributed by atoms with Gasteiger partial charge >= 0.3 is 0 Å². The summed E-state index contributed by atoms with van der Waals surface area (Å²) in [6, 6.07) is 9.44. The maximum Gasteiger partial charge on any atom is 0.274 e. The van der Waals surface area contributed by atoms with Crippen LogP contribution in [0.15, 0.2) is 36.7 Å². The molecule has 25 heavy (non-hydrogen) atoms. The standard InChI is InChI=1S/C19H24N4O2/c1-13(2)25-16-9-7-15(8-10-16)23-19(24)17-11-18(21-12-20-17)22-14-5-3-4-6-14/h7-14H,3-6H2,1-2H3,(H,23,24)(H,20,21,22). The zero-order valence-corrected chi connectivity index (χ0v) is 14.7. The van der Waals surface area contributed by atoms with Crippen LogP contribution in [0.2, 0.25) is 0 Å². The van der Waals surface area contributed by atoms with Gasteiger partial charge in [-0.15, -0.1) is 0 Å². The number of anilines is 2. The van der Waals surface area contributed by atoms with Crippen molar-refractivity contribution >= 4 is 17.4 Å². The van der Waals surface area contributed by atoms with Crippen molar-refractivity contribution in [2.24, 2.45) is 0 Å². The summed E-state index contributed by atoms with van der Waals surface area (Å²) < 4.78 is 5.60. The third-order valence-electron chi connectivity index (χ3n) is 4.09. The predicted octanol–water partition coefficient (Wildman–Crippen LogP) is 3.87.